The van der Waals surface area contributed by atoms with Gasteiger partial charge in [0.15, 0.2) is 17.2 Å². The summed E-state index contributed by atoms with van der Waals surface area (Å²) < 4.78 is 38.3. The summed E-state index contributed by atoms with van der Waals surface area (Å²) in [7, 11) is 2.98. The number of ether oxygens (including phenoxy) is 2. The van der Waals surface area contributed by atoms with Gasteiger partial charge in [-0.15, -0.1) is 5.10 Å². The molecule has 2 N–H and O–H groups in total. The molecule has 11 heteroatoms. The lowest BCUT2D eigenvalue weighted by Gasteiger charge is -2.11. The minimum absolute atomic E-state index is 0.0948. The smallest absolute Gasteiger partial charge is 0.278 e. The van der Waals surface area contributed by atoms with Crippen LogP contribution in [0.25, 0.3) is 0 Å². The van der Waals surface area contributed by atoms with E-state index < -0.39 is 23.4 Å². The van der Waals surface area contributed by atoms with Gasteiger partial charge in [0.2, 0.25) is 5.91 Å². The number of hydrogen-bond donors (Lipinski definition) is 2. The Bertz CT molecular complexity index is 1130. The minimum Gasteiger partial charge on any atom is -0.493 e. The molecular weight excluding hydrogens is 412 g/mol. The van der Waals surface area contributed by atoms with Crippen LogP contribution in [0.15, 0.2) is 36.4 Å². The second kappa shape index (κ2) is 9.20. The van der Waals surface area contributed by atoms with Crippen molar-refractivity contribution in [1.29, 1.82) is 0 Å². The molecule has 3 rings (SSSR count). The Hall–Kier alpha value is -4.02. The van der Waals surface area contributed by atoms with Crippen molar-refractivity contribution in [2.24, 2.45) is 0 Å². The first-order valence-corrected chi connectivity index (χ1v) is 9.00. The van der Waals surface area contributed by atoms with E-state index in [1.54, 1.807) is 25.1 Å². The zero-order chi connectivity index (χ0) is 22.5. The Labute approximate surface area is 176 Å². The molecule has 0 saturated carbocycles. The number of nitrogens with zero attached hydrogens (tertiary/aromatic N) is 3. The highest BCUT2D eigenvalue weighted by Gasteiger charge is 2.19. The molecule has 1 aromatic heterocycles. The first-order valence-electron chi connectivity index (χ1n) is 9.00. The largest absolute Gasteiger partial charge is 0.493 e. The zero-order valence-electron chi connectivity index (χ0n) is 16.9. The van der Waals surface area contributed by atoms with Gasteiger partial charge in [-0.2, -0.15) is 0 Å². The van der Waals surface area contributed by atoms with Crippen LogP contribution in [-0.4, -0.2) is 41.0 Å². The van der Waals surface area contributed by atoms with Crippen molar-refractivity contribution in [1.82, 2.24) is 15.0 Å². The molecule has 31 heavy (non-hydrogen) atoms. The standard InChI is InChI=1S/C20H19F2N5O4/c1-11-19(20(29)24-15-6-4-12(21)8-14(15)22)25-26-27(11)10-18(28)23-13-5-7-16(30-2)17(9-13)31-3/h4-9H,10H2,1-3H3,(H,23,28)(H,24,29). The van der Waals surface area contributed by atoms with Crippen molar-refractivity contribution in [3.8, 4) is 11.5 Å². The summed E-state index contributed by atoms with van der Waals surface area (Å²) in [5.41, 5.74) is 0.474. The normalized spacial score (nSPS) is 10.5. The van der Waals surface area contributed by atoms with Crippen molar-refractivity contribution >= 4 is 23.2 Å². The van der Waals surface area contributed by atoms with E-state index in [0.29, 0.717) is 28.9 Å². The maximum Gasteiger partial charge on any atom is 0.278 e. The quantitative estimate of drug-likeness (QED) is 0.596. The van der Waals surface area contributed by atoms with Crippen LogP contribution in [0.4, 0.5) is 20.2 Å². The lowest BCUT2D eigenvalue weighted by atomic mass is 10.2. The van der Waals surface area contributed by atoms with Gasteiger partial charge in [0.1, 0.15) is 18.2 Å². The van der Waals surface area contributed by atoms with Gasteiger partial charge in [0.05, 0.1) is 25.6 Å². The van der Waals surface area contributed by atoms with Crippen molar-refractivity contribution in [2.45, 2.75) is 13.5 Å². The maximum atomic E-state index is 13.7. The van der Waals surface area contributed by atoms with Crippen LogP contribution in [0.2, 0.25) is 0 Å². The number of rotatable bonds is 7. The van der Waals surface area contributed by atoms with E-state index in [0.717, 1.165) is 12.1 Å². The molecule has 0 aliphatic carbocycles. The molecule has 0 aliphatic heterocycles. The Morgan fingerprint density at radius 3 is 2.45 bits per heavy atom. The van der Waals surface area contributed by atoms with E-state index in [2.05, 4.69) is 20.9 Å². The molecule has 0 aliphatic rings. The SMILES string of the molecule is COc1ccc(NC(=O)Cn2nnc(C(=O)Nc3ccc(F)cc3F)c2C)cc1OC. The van der Waals surface area contributed by atoms with Crippen LogP contribution in [0.3, 0.4) is 0 Å². The summed E-state index contributed by atoms with van der Waals surface area (Å²) in [4.78, 5) is 24.8. The lowest BCUT2D eigenvalue weighted by Crippen LogP contribution is -2.21. The number of methoxy groups -OCH3 is 2. The number of carbonyl (C=O) groups is 2. The molecule has 0 unspecified atom stereocenters. The van der Waals surface area contributed by atoms with E-state index in [1.165, 1.54) is 18.9 Å². The van der Waals surface area contributed by atoms with Crippen LogP contribution in [0.5, 0.6) is 11.5 Å². The zero-order valence-corrected chi connectivity index (χ0v) is 16.9. The Morgan fingerprint density at radius 1 is 1.03 bits per heavy atom. The fourth-order valence-electron chi connectivity index (χ4n) is 2.74. The predicted octanol–water partition coefficient (Wildman–Crippen LogP) is 2.77. The van der Waals surface area contributed by atoms with Gasteiger partial charge in [-0.05, 0) is 31.2 Å². The summed E-state index contributed by atoms with van der Waals surface area (Å²) in [6, 6.07) is 7.65. The highest BCUT2D eigenvalue weighted by atomic mass is 19.1. The van der Waals surface area contributed by atoms with Gasteiger partial charge in [-0.1, -0.05) is 5.21 Å². The molecule has 0 atom stereocenters. The molecule has 0 bridgehead atoms. The average Bonchev–Trinajstić information content (AvgIpc) is 3.10. The molecule has 3 aromatic rings. The monoisotopic (exact) mass is 431 g/mol. The van der Waals surface area contributed by atoms with E-state index in [4.69, 9.17) is 9.47 Å². The van der Waals surface area contributed by atoms with Gasteiger partial charge in [-0.3, -0.25) is 9.59 Å². The van der Waals surface area contributed by atoms with Gasteiger partial charge in [0, 0.05) is 17.8 Å². The molecule has 2 aromatic carbocycles. The molecule has 0 spiro atoms. The highest BCUT2D eigenvalue weighted by molar-refractivity contribution is 6.03. The summed E-state index contributed by atoms with van der Waals surface area (Å²) in [6.45, 7) is 1.32. The first kappa shape index (κ1) is 21.7. The third-order valence-corrected chi connectivity index (χ3v) is 4.34. The van der Waals surface area contributed by atoms with Crippen LogP contribution in [0.1, 0.15) is 16.2 Å². The van der Waals surface area contributed by atoms with Gasteiger partial charge in [0.25, 0.3) is 5.91 Å². The lowest BCUT2D eigenvalue weighted by molar-refractivity contribution is -0.117. The van der Waals surface area contributed by atoms with Gasteiger partial charge in [-0.25, -0.2) is 13.5 Å². The van der Waals surface area contributed by atoms with Crippen LogP contribution >= 0.6 is 0 Å². The average molecular weight is 431 g/mol. The summed E-state index contributed by atoms with van der Waals surface area (Å²) in [6.07, 6.45) is 0. The van der Waals surface area contributed by atoms with E-state index in [9.17, 15) is 18.4 Å². The molecule has 1 heterocycles. The molecule has 0 fully saturated rings. The molecule has 0 radical (unpaired) electrons. The topological polar surface area (TPSA) is 107 Å². The number of amides is 2. The van der Waals surface area contributed by atoms with Crippen LogP contribution in [-0.2, 0) is 11.3 Å². The van der Waals surface area contributed by atoms with Crippen LogP contribution < -0.4 is 20.1 Å². The number of halogens is 2. The molecule has 2 amide bonds. The predicted molar refractivity (Wildman–Crippen MR) is 107 cm³/mol. The summed E-state index contributed by atoms with van der Waals surface area (Å²) in [5, 5.41) is 12.5. The van der Waals surface area contributed by atoms with Crippen molar-refractivity contribution in [3.05, 3.63) is 59.4 Å². The van der Waals surface area contributed by atoms with Gasteiger partial charge >= 0.3 is 0 Å². The summed E-state index contributed by atoms with van der Waals surface area (Å²) >= 11 is 0. The van der Waals surface area contributed by atoms with Crippen LogP contribution in [0, 0.1) is 18.6 Å². The third-order valence-electron chi connectivity index (χ3n) is 4.34. The van der Waals surface area contributed by atoms with Gasteiger partial charge < -0.3 is 20.1 Å². The number of hydrogen-bond acceptors (Lipinski definition) is 6. The molecular formula is C20H19F2N5O4. The number of anilines is 2. The van der Waals surface area contributed by atoms with E-state index in [-0.39, 0.29) is 17.9 Å². The number of aromatic nitrogens is 3. The third kappa shape index (κ3) is 4.94. The Morgan fingerprint density at radius 2 is 1.77 bits per heavy atom. The number of carbonyl (C=O) groups excluding carboxylic acids is 2. The second-order valence-corrected chi connectivity index (χ2v) is 6.38. The van der Waals surface area contributed by atoms with Crippen molar-refractivity contribution in [3.63, 3.8) is 0 Å². The van der Waals surface area contributed by atoms with Crippen molar-refractivity contribution < 1.29 is 27.8 Å². The highest BCUT2D eigenvalue weighted by Crippen LogP contribution is 2.29. The molecule has 9 nitrogen and oxygen atoms in total. The number of benzene rings is 2. The first-order chi connectivity index (χ1) is 14.8. The Balaban J connectivity index is 1.68. The van der Waals surface area contributed by atoms with E-state index >= 15 is 0 Å². The second-order valence-electron chi connectivity index (χ2n) is 6.38. The summed E-state index contributed by atoms with van der Waals surface area (Å²) in [5.74, 6) is -1.89. The minimum atomic E-state index is -0.923. The number of nitrogens with one attached hydrogen (secondary N) is 2. The fourth-order valence-corrected chi connectivity index (χ4v) is 2.74. The molecule has 162 valence electrons. The fraction of sp³-hybridized carbons (Fsp3) is 0.200. The van der Waals surface area contributed by atoms with Crippen molar-refractivity contribution in [2.75, 3.05) is 24.9 Å². The maximum absolute atomic E-state index is 13.7. The van der Waals surface area contributed by atoms with E-state index in [1.807, 2.05) is 0 Å². The Kier molecular flexibility index (Phi) is 6.43. The molecule has 0 saturated heterocycles.